The van der Waals surface area contributed by atoms with Crippen LogP contribution in [0.2, 0.25) is 0 Å². The molecule has 7 atom stereocenters. The van der Waals surface area contributed by atoms with Gasteiger partial charge in [0.2, 0.25) is 0 Å². The maximum absolute atomic E-state index is 13.6. The lowest BCUT2D eigenvalue weighted by atomic mass is 10.00. The Labute approximate surface area is 387 Å². The van der Waals surface area contributed by atoms with Crippen LogP contribution >= 0.6 is 0 Å². The lowest BCUT2D eigenvalue weighted by Gasteiger charge is -2.38. The molecule has 0 radical (unpaired) electrons. The minimum Gasteiger partial charge on any atom is -0.460 e. The first-order valence-electron chi connectivity index (χ1n) is 23.1. The van der Waals surface area contributed by atoms with E-state index in [1.54, 1.807) is 90.4 Å². The van der Waals surface area contributed by atoms with Gasteiger partial charge in [0.1, 0.15) is 37.2 Å². The van der Waals surface area contributed by atoms with E-state index in [-0.39, 0.29) is 76.6 Å². The van der Waals surface area contributed by atoms with Gasteiger partial charge in [-0.2, -0.15) is 0 Å². The zero-order chi connectivity index (χ0) is 47.0. The van der Waals surface area contributed by atoms with Gasteiger partial charge >= 0.3 is 23.7 Å². The van der Waals surface area contributed by atoms with Crippen LogP contribution < -0.4 is 11.2 Å². The highest BCUT2D eigenvalue weighted by molar-refractivity contribution is 5.77. The van der Waals surface area contributed by atoms with Crippen molar-refractivity contribution >= 4 is 29.1 Å². The van der Waals surface area contributed by atoms with Gasteiger partial charge in [-0.3, -0.25) is 14.3 Å². The first-order chi connectivity index (χ1) is 32.5. The summed E-state index contributed by atoms with van der Waals surface area (Å²) in [7, 11) is 3.33. The van der Waals surface area contributed by atoms with Crippen LogP contribution in [-0.4, -0.2) is 141 Å². The fraction of sp³-hybridized carbons (Fsp3) is 0.562. The summed E-state index contributed by atoms with van der Waals surface area (Å²) in [6.07, 6.45) is 2.60. The van der Waals surface area contributed by atoms with Gasteiger partial charge < -0.3 is 52.8 Å². The second kappa shape index (κ2) is 22.1. The second-order valence-corrected chi connectivity index (χ2v) is 17.8. The first-order valence-corrected chi connectivity index (χ1v) is 23.1. The summed E-state index contributed by atoms with van der Waals surface area (Å²) in [6, 6.07) is 19.0. The molecule has 2 aromatic heterocycles. The zero-order valence-electron chi connectivity index (χ0n) is 38.0. The third-order valence-electron chi connectivity index (χ3n) is 13.5. The Morgan fingerprint density at radius 1 is 0.657 bits per heavy atom. The second-order valence-electron chi connectivity index (χ2n) is 17.8. The summed E-state index contributed by atoms with van der Waals surface area (Å²) in [6.45, 7) is 0.601. The van der Waals surface area contributed by atoms with Crippen molar-refractivity contribution in [3.63, 3.8) is 0 Å². The maximum atomic E-state index is 13.6. The molecule has 4 bridgehead atoms. The van der Waals surface area contributed by atoms with E-state index >= 15 is 0 Å². The summed E-state index contributed by atoms with van der Waals surface area (Å²) in [5, 5.41) is 21.1. The molecule has 2 aromatic carbocycles. The quantitative estimate of drug-likeness (QED) is 0.0699. The molecule has 0 spiro atoms. The number of nitrogens with zero attached hydrogens (tertiary/aromatic N) is 5. The van der Waals surface area contributed by atoms with Gasteiger partial charge in [-0.1, -0.05) is 60.7 Å². The highest BCUT2D eigenvalue weighted by atomic mass is 16.6. The lowest BCUT2D eigenvalue weighted by Crippen LogP contribution is -2.49. The zero-order valence-corrected chi connectivity index (χ0v) is 38.0. The van der Waals surface area contributed by atoms with Crippen molar-refractivity contribution in [2.45, 2.75) is 113 Å². The SMILES string of the molecule is Cn1ccc2c1c(=O)n(COCCOCC(COC(=O)N1C3CCC1CC(OC(=O)C(O)c1ccccc1)C3)OCCOCN1C3CCC1CC(OC(=O)C(O)c1ccccc1)C3)c(=O)n2C. The number of carbonyl (C=O) groups excluding carboxylic acids is 3. The van der Waals surface area contributed by atoms with Crippen molar-refractivity contribution in [3.05, 3.63) is 105 Å². The lowest BCUT2D eigenvalue weighted by molar-refractivity contribution is -0.164. The number of amides is 1. The van der Waals surface area contributed by atoms with E-state index in [0.29, 0.717) is 54.6 Å². The largest absolute Gasteiger partial charge is 0.460 e. The van der Waals surface area contributed by atoms with Crippen molar-refractivity contribution < 1.29 is 57.8 Å². The average Bonchev–Trinajstić information content (AvgIpc) is 3.94. The van der Waals surface area contributed by atoms with Crippen LogP contribution in [0.5, 0.6) is 0 Å². The molecule has 67 heavy (non-hydrogen) atoms. The number of hydrogen-bond acceptors (Lipinski definition) is 15. The van der Waals surface area contributed by atoms with Crippen molar-refractivity contribution in [2.24, 2.45) is 14.1 Å². The first kappa shape index (κ1) is 48.1. The molecule has 362 valence electrons. The van der Waals surface area contributed by atoms with Crippen LogP contribution in [0.3, 0.4) is 0 Å². The predicted molar refractivity (Wildman–Crippen MR) is 239 cm³/mol. The minimum absolute atomic E-state index is 0.0393. The highest BCUT2D eigenvalue weighted by Gasteiger charge is 2.46. The number of rotatable bonds is 21. The van der Waals surface area contributed by atoms with E-state index in [2.05, 4.69) is 4.90 Å². The van der Waals surface area contributed by atoms with Gasteiger partial charge in [0.15, 0.2) is 12.2 Å². The number of ether oxygens (including phenoxy) is 7. The molecule has 4 aromatic rings. The van der Waals surface area contributed by atoms with Gasteiger partial charge in [0.25, 0.3) is 5.56 Å². The Kier molecular flexibility index (Phi) is 15.9. The van der Waals surface area contributed by atoms with Crippen LogP contribution in [0, 0.1) is 0 Å². The molecule has 1 amide bonds. The maximum Gasteiger partial charge on any atom is 0.410 e. The molecule has 2 N–H and O–H groups in total. The topological polar surface area (TPSA) is 212 Å². The summed E-state index contributed by atoms with van der Waals surface area (Å²) in [5.41, 5.74) is 0.906. The Hall–Kier alpha value is -5.41. The number of aromatic nitrogens is 3. The van der Waals surface area contributed by atoms with Crippen LogP contribution in [0.1, 0.15) is 74.7 Å². The monoisotopic (exact) mass is 931 g/mol. The number of hydrogen-bond donors (Lipinski definition) is 2. The van der Waals surface area contributed by atoms with Crippen molar-refractivity contribution in [3.8, 4) is 0 Å². The van der Waals surface area contributed by atoms with Crippen LogP contribution in [0.25, 0.3) is 11.0 Å². The number of aliphatic hydroxyl groups is 2. The molecule has 4 saturated heterocycles. The standard InChI is InChI=1S/C48H61N5O14/c1-49-18-17-40-41(49)44(56)52(47(59)50(40)2)30-62-20-19-61-27-39(28-65-48(60)53-35-15-16-36(53)26-38(25-35)67-46(58)43(55)32-11-7-4-8-12-32)64-22-21-63-29-51-33-13-14-34(51)24-37(23-33)66-45(57)42(54)31-9-5-3-6-10-31/h3-12,17-18,33-39,42-43,54-55H,13-16,19-30H2,1-2H3. The smallest absolute Gasteiger partial charge is 0.410 e. The average molecular weight is 932 g/mol. The van der Waals surface area contributed by atoms with E-state index in [0.717, 1.165) is 30.3 Å². The molecule has 7 unspecified atom stereocenters. The Balaban J connectivity index is 0.803. The Morgan fingerprint density at radius 2 is 1.18 bits per heavy atom. The van der Waals surface area contributed by atoms with Gasteiger partial charge in [-0.15, -0.1) is 0 Å². The van der Waals surface area contributed by atoms with Crippen LogP contribution in [0.4, 0.5) is 4.79 Å². The number of carbonyl (C=O) groups is 3. The Morgan fingerprint density at radius 3 is 1.78 bits per heavy atom. The van der Waals surface area contributed by atoms with E-state index < -0.39 is 53.7 Å². The van der Waals surface area contributed by atoms with Gasteiger partial charge in [-0.05, 0) is 42.9 Å². The summed E-state index contributed by atoms with van der Waals surface area (Å²) >= 11 is 0. The normalized spacial score (nSPS) is 23.8. The fourth-order valence-electron chi connectivity index (χ4n) is 10.0. The van der Waals surface area contributed by atoms with Gasteiger partial charge in [0, 0.05) is 70.1 Å². The Bertz CT molecular complexity index is 2400. The fourth-order valence-corrected chi connectivity index (χ4v) is 10.0. The molecule has 4 aliphatic heterocycles. The summed E-state index contributed by atoms with van der Waals surface area (Å²) in [5.74, 6) is -1.36. The minimum atomic E-state index is -1.39. The van der Waals surface area contributed by atoms with E-state index in [1.165, 1.54) is 4.57 Å². The molecule has 4 aliphatic rings. The van der Waals surface area contributed by atoms with Crippen molar-refractivity contribution in [2.75, 3.05) is 46.4 Å². The van der Waals surface area contributed by atoms with Crippen molar-refractivity contribution in [1.29, 1.82) is 0 Å². The number of fused-ring (bicyclic) bond motifs is 5. The van der Waals surface area contributed by atoms with Crippen LogP contribution in [0.15, 0.2) is 82.5 Å². The highest BCUT2D eigenvalue weighted by Crippen LogP contribution is 2.39. The molecule has 19 heteroatoms. The number of esters is 2. The van der Waals surface area contributed by atoms with Gasteiger partial charge in [-0.25, -0.2) is 23.7 Å². The van der Waals surface area contributed by atoms with E-state index in [4.69, 9.17) is 33.2 Å². The molecular formula is C48H61N5O14. The van der Waals surface area contributed by atoms with E-state index in [9.17, 15) is 34.2 Å². The van der Waals surface area contributed by atoms with Crippen molar-refractivity contribution in [1.82, 2.24) is 23.5 Å². The van der Waals surface area contributed by atoms with Crippen LogP contribution in [-0.2, 0) is 63.6 Å². The number of aliphatic hydroxyl groups excluding tert-OH is 2. The van der Waals surface area contributed by atoms with Gasteiger partial charge in [0.05, 0.1) is 45.3 Å². The molecule has 0 saturated carbocycles. The number of aryl methyl sites for hydroxylation is 2. The molecular weight excluding hydrogens is 871 g/mol. The van der Waals surface area contributed by atoms with E-state index in [1.807, 2.05) is 6.07 Å². The molecule has 19 nitrogen and oxygen atoms in total. The number of benzene rings is 2. The third-order valence-corrected chi connectivity index (χ3v) is 13.5. The summed E-state index contributed by atoms with van der Waals surface area (Å²) < 4.78 is 45.2. The third kappa shape index (κ3) is 11.3. The predicted octanol–water partition coefficient (Wildman–Crippen LogP) is 3.07. The summed E-state index contributed by atoms with van der Waals surface area (Å²) in [4.78, 5) is 69.1. The molecule has 6 heterocycles. The molecule has 4 fully saturated rings. The number of piperidine rings is 2. The molecule has 8 rings (SSSR count). The molecule has 0 aliphatic carbocycles.